The molecule has 2 heteroatoms. The van der Waals surface area contributed by atoms with Crippen molar-refractivity contribution in [3.8, 4) is 0 Å². The summed E-state index contributed by atoms with van der Waals surface area (Å²) in [6, 6.07) is 0.417. The topological polar surface area (TPSA) is 29.1 Å². The standard InChI is InChI=1S/C7H11NO/c1-8-7-3-2-6(4-7)5-9/h2-3,5-8H,4H2,1H3/t6-,7+/m1/s1. The van der Waals surface area contributed by atoms with E-state index >= 15 is 0 Å². The Balaban J connectivity index is 2.39. The molecule has 0 aromatic rings. The van der Waals surface area contributed by atoms with Crippen LogP contribution in [0.2, 0.25) is 0 Å². The van der Waals surface area contributed by atoms with Gasteiger partial charge in [0.05, 0.1) is 0 Å². The van der Waals surface area contributed by atoms with Gasteiger partial charge in [-0.1, -0.05) is 12.2 Å². The number of hydrogen-bond acceptors (Lipinski definition) is 2. The molecule has 0 aromatic carbocycles. The van der Waals surface area contributed by atoms with Crippen LogP contribution in [0.25, 0.3) is 0 Å². The first kappa shape index (κ1) is 6.49. The first-order valence-electron chi connectivity index (χ1n) is 3.17. The zero-order chi connectivity index (χ0) is 6.69. The summed E-state index contributed by atoms with van der Waals surface area (Å²) in [4.78, 5) is 10.2. The molecule has 2 nitrogen and oxygen atoms in total. The van der Waals surface area contributed by atoms with Crippen LogP contribution in [0.1, 0.15) is 6.42 Å². The molecule has 0 spiro atoms. The van der Waals surface area contributed by atoms with Crippen molar-refractivity contribution in [1.29, 1.82) is 0 Å². The van der Waals surface area contributed by atoms with E-state index in [2.05, 4.69) is 5.32 Å². The maximum Gasteiger partial charge on any atom is 0.126 e. The van der Waals surface area contributed by atoms with Gasteiger partial charge in [-0.25, -0.2) is 0 Å². The van der Waals surface area contributed by atoms with Crippen LogP contribution in [-0.2, 0) is 4.79 Å². The molecule has 0 saturated heterocycles. The van der Waals surface area contributed by atoms with Gasteiger partial charge in [0.2, 0.25) is 0 Å². The zero-order valence-corrected chi connectivity index (χ0v) is 5.50. The number of nitrogens with one attached hydrogen (secondary N) is 1. The lowest BCUT2D eigenvalue weighted by Gasteiger charge is -2.04. The van der Waals surface area contributed by atoms with Crippen LogP contribution in [-0.4, -0.2) is 19.4 Å². The predicted octanol–water partition coefficient (Wildman–Crippen LogP) is 0.349. The molecule has 50 valence electrons. The number of carbonyl (C=O) groups excluding carboxylic acids is 1. The van der Waals surface area contributed by atoms with Crippen molar-refractivity contribution in [2.75, 3.05) is 7.05 Å². The van der Waals surface area contributed by atoms with Gasteiger partial charge in [0.25, 0.3) is 0 Å². The van der Waals surface area contributed by atoms with Crippen molar-refractivity contribution >= 4 is 6.29 Å². The summed E-state index contributed by atoms with van der Waals surface area (Å²) in [6.07, 6.45) is 5.92. The molecule has 9 heavy (non-hydrogen) atoms. The second-order valence-electron chi connectivity index (χ2n) is 2.32. The van der Waals surface area contributed by atoms with Gasteiger partial charge >= 0.3 is 0 Å². The molecule has 0 aromatic heterocycles. The molecule has 0 aliphatic heterocycles. The summed E-state index contributed by atoms with van der Waals surface area (Å²) in [6.45, 7) is 0. The summed E-state index contributed by atoms with van der Waals surface area (Å²) in [7, 11) is 1.90. The third-order valence-corrected chi connectivity index (χ3v) is 1.66. The van der Waals surface area contributed by atoms with Gasteiger partial charge in [-0.15, -0.1) is 0 Å². The zero-order valence-electron chi connectivity index (χ0n) is 5.50. The Morgan fingerprint density at radius 3 is 2.78 bits per heavy atom. The quantitative estimate of drug-likeness (QED) is 0.426. The summed E-state index contributed by atoms with van der Waals surface area (Å²) < 4.78 is 0. The fourth-order valence-electron chi connectivity index (χ4n) is 1.04. The summed E-state index contributed by atoms with van der Waals surface area (Å²) in [5.74, 6) is 0.155. The molecule has 0 radical (unpaired) electrons. The Bertz CT molecular complexity index is 131. The molecule has 0 saturated carbocycles. The second kappa shape index (κ2) is 2.78. The average molecular weight is 125 g/mol. The number of rotatable bonds is 2. The first-order chi connectivity index (χ1) is 4.36. The van der Waals surface area contributed by atoms with Crippen LogP contribution in [0.15, 0.2) is 12.2 Å². The van der Waals surface area contributed by atoms with Crippen molar-refractivity contribution in [3.05, 3.63) is 12.2 Å². The minimum Gasteiger partial charge on any atom is -0.314 e. The van der Waals surface area contributed by atoms with Gasteiger partial charge in [-0.2, -0.15) is 0 Å². The number of carbonyl (C=O) groups is 1. The third kappa shape index (κ3) is 1.39. The van der Waals surface area contributed by atoms with Gasteiger partial charge in [-0.3, -0.25) is 0 Å². The Kier molecular flexibility index (Phi) is 2.01. The average Bonchev–Trinajstić information content (AvgIpc) is 2.34. The number of likely N-dealkylation sites (N-methyl/N-ethyl adjacent to an activating group) is 1. The molecular weight excluding hydrogens is 114 g/mol. The van der Waals surface area contributed by atoms with E-state index in [0.717, 1.165) is 12.7 Å². The molecule has 1 N–H and O–H groups in total. The summed E-state index contributed by atoms with van der Waals surface area (Å²) in [5.41, 5.74) is 0. The highest BCUT2D eigenvalue weighted by Crippen LogP contribution is 2.14. The van der Waals surface area contributed by atoms with Crippen molar-refractivity contribution in [2.24, 2.45) is 5.92 Å². The van der Waals surface area contributed by atoms with Crippen molar-refractivity contribution in [1.82, 2.24) is 5.32 Å². The van der Waals surface area contributed by atoms with E-state index in [1.165, 1.54) is 0 Å². The smallest absolute Gasteiger partial charge is 0.126 e. The van der Waals surface area contributed by atoms with Crippen molar-refractivity contribution in [2.45, 2.75) is 12.5 Å². The van der Waals surface area contributed by atoms with Crippen molar-refractivity contribution in [3.63, 3.8) is 0 Å². The molecule has 0 bridgehead atoms. The predicted molar refractivity (Wildman–Crippen MR) is 36.2 cm³/mol. The van der Waals surface area contributed by atoms with Gasteiger partial charge in [-0.05, 0) is 13.5 Å². The number of hydrogen-bond donors (Lipinski definition) is 1. The van der Waals surface area contributed by atoms with E-state index in [1.54, 1.807) is 0 Å². The maximum atomic E-state index is 10.2. The van der Waals surface area contributed by atoms with Gasteiger partial charge in [0.15, 0.2) is 0 Å². The molecule has 0 fully saturated rings. The maximum absolute atomic E-state index is 10.2. The molecule has 1 aliphatic carbocycles. The highest BCUT2D eigenvalue weighted by molar-refractivity contribution is 5.57. The fraction of sp³-hybridized carbons (Fsp3) is 0.571. The van der Waals surface area contributed by atoms with Crippen LogP contribution >= 0.6 is 0 Å². The Hall–Kier alpha value is -0.630. The lowest BCUT2D eigenvalue weighted by molar-refractivity contribution is -0.109. The van der Waals surface area contributed by atoms with Gasteiger partial charge in [0.1, 0.15) is 6.29 Å². The van der Waals surface area contributed by atoms with Crippen LogP contribution in [0.3, 0.4) is 0 Å². The van der Waals surface area contributed by atoms with E-state index in [9.17, 15) is 4.79 Å². The Morgan fingerprint density at radius 1 is 1.67 bits per heavy atom. The number of aldehydes is 1. The third-order valence-electron chi connectivity index (χ3n) is 1.66. The molecule has 1 aliphatic rings. The van der Waals surface area contributed by atoms with Crippen LogP contribution < -0.4 is 5.32 Å². The van der Waals surface area contributed by atoms with E-state index < -0.39 is 0 Å². The van der Waals surface area contributed by atoms with Crippen molar-refractivity contribution < 1.29 is 4.79 Å². The lowest BCUT2D eigenvalue weighted by atomic mass is 10.1. The fourth-order valence-corrected chi connectivity index (χ4v) is 1.04. The molecule has 0 heterocycles. The molecule has 2 atom stereocenters. The van der Waals surface area contributed by atoms with Gasteiger partial charge in [0, 0.05) is 12.0 Å². The molecule has 0 amide bonds. The van der Waals surface area contributed by atoms with Gasteiger partial charge < -0.3 is 10.1 Å². The highest BCUT2D eigenvalue weighted by atomic mass is 16.1. The SMILES string of the molecule is CN[C@H]1C=C[C@@H](C=O)C1. The van der Waals surface area contributed by atoms with E-state index in [4.69, 9.17) is 0 Å². The Labute approximate surface area is 54.9 Å². The Morgan fingerprint density at radius 2 is 2.44 bits per heavy atom. The minimum atomic E-state index is 0.155. The van der Waals surface area contributed by atoms with Crippen LogP contribution in [0.4, 0.5) is 0 Å². The van der Waals surface area contributed by atoms with E-state index in [1.807, 2.05) is 19.2 Å². The minimum absolute atomic E-state index is 0.155. The normalized spacial score (nSPS) is 33.0. The highest BCUT2D eigenvalue weighted by Gasteiger charge is 2.15. The molecule has 0 unspecified atom stereocenters. The monoisotopic (exact) mass is 125 g/mol. The van der Waals surface area contributed by atoms with E-state index in [0.29, 0.717) is 6.04 Å². The van der Waals surface area contributed by atoms with Crippen LogP contribution in [0.5, 0.6) is 0 Å². The largest absolute Gasteiger partial charge is 0.314 e. The second-order valence-corrected chi connectivity index (χ2v) is 2.32. The van der Waals surface area contributed by atoms with Crippen LogP contribution in [0, 0.1) is 5.92 Å². The molecular formula is C7H11NO. The summed E-state index contributed by atoms with van der Waals surface area (Å²) >= 11 is 0. The first-order valence-corrected chi connectivity index (χ1v) is 3.17. The van der Waals surface area contributed by atoms with E-state index in [-0.39, 0.29) is 5.92 Å². The molecule has 1 rings (SSSR count). The summed E-state index contributed by atoms with van der Waals surface area (Å²) in [5, 5.41) is 3.08. The lowest BCUT2D eigenvalue weighted by Crippen LogP contribution is -2.21. The number of allylic oxidation sites excluding steroid dienone is 1.